The molecular formula is C13H13F3N4. The Bertz CT molecular complexity index is 638. The second-order valence-electron chi connectivity index (χ2n) is 4.41. The fourth-order valence-electron chi connectivity index (χ4n) is 1.64. The molecule has 0 aliphatic rings. The summed E-state index contributed by atoms with van der Waals surface area (Å²) in [7, 11) is 0. The maximum Gasteiger partial charge on any atom is 0.416 e. The molecule has 0 spiro atoms. The van der Waals surface area contributed by atoms with Crippen LogP contribution >= 0.6 is 0 Å². The van der Waals surface area contributed by atoms with E-state index in [1.807, 2.05) is 0 Å². The Morgan fingerprint density at radius 3 is 2.50 bits per heavy atom. The molecule has 0 saturated heterocycles. The van der Waals surface area contributed by atoms with Gasteiger partial charge in [0.05, 0.1) is 5.56 Å². The maximum atomic E-state index is 12.7. The zero-order valence-electron chi connectivity index (χ0n) is 10.9. The number of anilines is 3. The molecule has 0 atom stereocenters. The largest absolute Gasteiger partial charge is 0.416 e. The van der Waals surface area contributed by atoms with Crippen molar-refractivity contribution in [3.8, 4) is 0 Å². The monoisotopic (exact) mass is 282 g/mol. The van der Waals surface area contributed by atoms with Gasteiger partial charge in [-0.1, -0.05) is 6.07 Å². The Hall–Kier alpha value is -2.31. The number of alkyl halides is 3. The number of aryl methyl sites for hydroxylation is 2. The van der Waals surface area contributed by atoms with E-state index in [-0.39, 0.29) is 5.95 Å². The van der Waals surface area contributed by atoms with E-state index in [0.717, 1.165) is 12.1 Å². The van der Waals surface area contributed by atoms with Gasteiger partial charge < -0.3 is 11.1 Å². The zero-order chi connectivity index (χ0) is 14.9. The van der Waals surface area contributed by atoms with Crippen molar-refractivity contribution in [2.75, 3.05) is 11.1 Å². The topological polar surface area (TPSA) is 63.8 Å². The van der Waals surface area contributed by atoms with Crippen molar-refractivity contribution in [3.05, 3.63) is 41.1 Å². The fraction of sp³-hybridized carbons (Fsp3) is 0.231. The third-order valence-electron chi connectivity index (χ3n) is 2.81. The average molecular weight is 282 g/mol. The number of nitrogens with one attached hydrogen (secondary N) is 1. The number of nitrogens with two attached hydrogens (primary N) is 1. The van der Waals surface area contributed by atoms with Gasteiger partial charge in [0.1, 0.15) is 5.82 Å². The Kier molecular flexibility index (Phi) is 3.52. The van der Waals surface area contributed by atoms with E-state index in [1.165, 1.54) is 12.3 Å². The lowest BCUT2D eigenvalue weighted by atomic mass is 10.1. The number of aromatic nitrogens is 2. The van der Waals surface area contributed by atoms with Crippen LogP contribution in [-0.2, 0) is 6.18 Å². The molecule has 20 heavy (non-hydrogen) atoms. The van der Waals surface area contributed by atoms with Crippen LogP contribution in [0.5, 0.6) is 0 Å². The highest BCUT2D eigenvalue weighted by molar-refractivity contribution is 5.64. The lowest BCUT2D eigenvalue weighted by Gasteiger charge is -2.14. The summed E-state index contributed by atoms with van der Waals surface area (Å²) < 4.78 is 38.1. The molecule has 0 radical (unpaired) electrons. The molecule has 0 aliphatic carbocycles. The quantitative estimate of drug-likeness (QED) is 0.885. The van der Waals surface area contributed by atoms with E-state index in [1.54, 1.807) is 13.8 Å². The van der Waals surface area contributed by atoms with Gasteiger partial charge in [-0.2, -0.15) is 18.2 Å². The van der Waals surface area contributed by atoms with Gasteiger partial charge in [-0.3, -0.25) is 0 Å². The van der Waals surface area contributed by atoms with Crippen LogP contribution in [0.1, 0.15) is 16.7 Å². The van der Waals surface area contributed by atoms with Gasteiger partial charge in [0.2, 0.25) is 5.95 Å². The van der Waals surface area contributed by atoms with E-state index in [2.05, 4.69) is 15.3 Å². The summed E-state index contributed by atoms with van der Waals surface area (Å²) in [4.78, 5) is 7.78. The molecule has 2 rings (SSSR count). The number of nitrogen functional groups attached to an aromatic ring is 1. The van der Waals surface area contributed by atoms with Crippen LogP contribution in [0.4, 0.5) is 30.6 Å². The first-order chi connectivity index (χ1) is 9.27. The first kappa shape index (κ1) is 14.1. The molecule has 106 valence electrons. The summed E-state index contributed by atoms with van der Waals surface area (Å²) in [5.74, 6) is 0.447. The highest BCUT2D eigenvalue weighted by Crippen LogP contribution is 2.33. The molecule has 0 bridgehead atoms. The maximum absolute atomic E-state index is 12.7. The van der Waals surface area contributed by atoms with Crippen LogP contribution in [0.2, 0.25) is 0 Å². The normalized spacial score (nSPS) is 11.4. The Balaban J connectivity index is 2.40. The van der Waals surface area contributed by atoms with E-state index in [9.17, 15) is 13.2 Å². The summed E-state index contributed by atoms with van der Waals surface area (Å²) in [5, 5.41) is 2.86. The number of benzene rings is 1. The van der Waals surface area contributed by atoms with Crippen LogP contribution in [-0.4, -0.2) is 9.97 Å². The summed E-state index contributed by atoms with van der Waals surface area (Å²) in [5.41, 5.74) is 6.46. The molecule has 4 nitrogen and oxygen atoms in total. The van der Waals surface area contributed by atoms with E-state index in [0.29, 0.717) is 22.6 Å². The average Bonchev–Trinajstić information content (AvgIpc) is 2.35. The zero-order valence-corrected chi connectivity index (χ0v) is 10.9. The van der Waals surface area contributed by atoms with Gasteiger partial charge in [0.15, 0.2) is 0 Å². The standard InChI is InChI=1S/C13H13F3N4/c1-7-3-4-9(13(14,15)16)5-10(7)19-11-8(2)6-18-12(17)20-11/h3-6H,1-2H3,(H3,17,18,19,20). The first-order valence-electron chi connectivity index (χ1n) is 5.81. The third kappa shape index (κ3) is 2.98. The minimum Gasteiger partial charge on any atom is -0.368 e. The minimum atomic E-state index is -4.39. The van der Waals surface area contributed by atoms with Crippen LogP contribution < -0.4 is 11.1 Å². The van der Waals surface area contributed by atoms with Gasteiger partial charge in [-0.15, -0.1) is 0 Å². The van der Waals surface area contributed by atoms with Gasteiger partial charge in [-0.25, -0.2) is 4.98 Å². The van der Waals surface area contributed by atoms with Gasteiger partial charge in [0.25, 0.3) is 0 Å². The third-order valence-corrected chi connectivity index (χ3v) is 2.81. The van der Waals surface area contributed by atoms with E-state index < -0.39 is 11.7 Å². The Labute approximate surface area is 113 Å². The van der Waals surface area contributed by atoms with Crippen LogP contribution in [0.15, 0.2) is 24.4 Å². The molecule has 2 aromatic rings. The molecule has 3 N–H and O–H groups in total. The second-order valence-corrected chi connectivity index (χ2v) is 4.41. The lowest BCUT2D eigenvalue weighted by molar-refractivity contribution is -0.137. The minimum absolute atomic E-state index is 0.0581. The second kappa shape index (κ2) is 4.99. The molecular weight excluding hydrogens is 269 g/mol. The SMILES string of the molecule is Cc1ccc(C(F)(F)F)cc1Nc1nc(N)ncc1C. The Morgan fingerprint density at radius 2 is 1.85 bits per heavy atom. The first-order valence-corrected chi connectivity index (χ1v) is 5.81. The van der Waals surface area contributed by atoms with Crippen molar-refractivity contribution in [2.45, 2.75) is 20.0 Å². The summed E-state index contributed by atoms with van der Waals surface area (Å²) in [6, 6.07) is 3.50. The lowest BCUT2D eigenvalue weighted by Crippen LogP contribution is -2.07. The van der Waals surface area contributed by atoms with Crippen molar-refractivity contribution in [3.63, 3.8) is 0 Å². The molecule has 0 fully saturated rings. The van der Waals surface area contributed by atoms with E-state index in [4.69, 9.17) is 5.73 Å². The van der Waals surface area contributed by atoms with Crippen molar-refractivity contribution in [1.29, 1.82) is 0 Å². The number of hydrogen-bond donors (Lipinski definition) is 2. The molecule has 1 heterocycles. The molecule has 0 amide bonds. The molecule has 7 heteroatoms. The number of hydrogen-bond acceptors (Lipinski definition) is 4. The van der Waals surface area contributed by atoms with Crippen molar-refractivity contribution < 1.29 is 13.2 Å². The van der Waals surface area contributed by atoms with Crippen molar-refractivity contribution in [1.82, 2.24) is 9.97 Å². The Morgan fingerprint density at radius 1 is 1.15 bits per heavy atom. The summed E-state index contributed by atoms with van der Waals surface area (Å²) >= 11 is 0. The predicted molar refractivity (Wildman–Crippen MR) is 70.6 cm³/mol. The summed E-state index contributed by atoms with van der Waals surface area (Å²) in [6.07, 6.45) is -2.88. The predicted octanol–water partition coefficient (Wildman–Crippen LogP) is 3.44. The van der Waals surface area contributed by atoms with Gasteiger partial charge in [0, 0.05) is 17.4 Å². The number of halogens is 3. The van der Waals surface area contributed by atoms with Crippen molar-refractivity contribution >= 4 is 17.5 Å². The van der Waals surface area contributed by atoms with Crippen LogP contribution in [0, 0.1) is 13.8 Å². The van der Waals surface area contributed by atoms with Gasteiger partial charge >= 0.3 is 6.18 Å². The highest BCUT2D eigenvalue weighted by Gasteiger charge is 2.30. The molecule has 0 unspecified atom stereocenters. The van der Waals surface area contributed by atoms with Crippen LogP contribution in [0.3, 0.4) is 0 Å². The van der Waals surface area contributed by atoms with Crippen LogP contribution in [0.25, 0.3) is 0 Å². The smallest absolute Gasteiger partial charge is 0.368 e. The molecule has 0 saturated carbocycles. The number of nitrogens with zero attached hydrogens (tertiary/aromatic N) is 2. The molecule has 1 aromatic heterocycles. The fourth-order valence-corrected chi connectivity index (χ4v) is 1.64. The van der Waals surface area contributed by atoms with E-state index >= 15 is 0 Å². The molecule has 1 aromatic carbocycles. The highest BCUT2D eigenvalue weighted by atomic mass is 19.4. The van der Waals surface area contributed by atoms with Gasteiger partial charge in [-0.05, 0) is 31.5 Å². The van der Waals surface area contributed by atoms with Crippen molar-refractivity contribution in [2.24, 2.45) is 0 Å². The summed E-state index contributed by atoms with van der Waals surface area (Å²) in [6.45, 7) is 3.45. The molecule has 0 aliphatic heterocycles. The number of rotatable bonds is 2.